The molecule has 0 saturated heterocycles. The summed E-state index contributed by atoms with van der Waals surface area (Å²) in [6.45, 7) is 2.30. The number of rotatable bonds is 3. The molecule has 2 aromatic heterocycles. The number of carbonyl (C=O) groups excluding carboxylic acids is 1. The standard InChI is InChI=1S/C18H19N5O3S/c1-11-15-9-14(10-19-17(15)22(2)21-11)20-18(24)13-4-5-16-12(8-13)6-7-23(16)27(3,25)26/h4-5,8-10H,6-7H2,1-3H3,(H,20,24). The van der Waals surface area contributed by atoms with Gasteiger partial charge in [0.1, 0.15) is 0 Å². The van der Waals surface area contributed by atoms with Gasteiger partial charge >= 0.3 is 0 Å². The van der Waals surface area contributed by atoms with Gasteiger partial charge in [-0.05, 0) is 43.2 Å². The minimum atomic E-state index is -3.30. The Morgan fingerprint density at radius 3 is 2.78 bits per heavy atom. The van der Waals surface area contributed by atoms with E-state index in [4.69, 9.17) is 0 Å². The number of anilines is 2. The van der Waals surface area contributed by atoms with Crippen LogP contribution in [0, 0.1) is 6.92 Å². The Kier molecular flexibility index (Phi) is 3.92. The third-order valence-electron chi connectivity index (χ3n) is 4.72. The highest BCUT2D eigenvalue weighted by Crippen LogP contribution is 2.31. The van der Waals surface area contributed by atoms with Crippen molar-refractivity contribution in [2.45, 2.75) is 13.3 Å². The molecule has 1 N–H and O–H groups in total. The zero-order valence-corrected chi connectivity index (χ0v) is 16.0. The van der Waals surface area contributed by atoms with Crippen LogP contribution in [0.2, 0.25) is 0 Å². The fourth-order valence-corrected chi connectivity index (χ4v) is 4.40. The minimum Gasteiger partial charge on any atom is -0.321 e. The van der Waals surface area contributed by atoms with Crippen LogP contribution in [0.1, 0.15) is 21.6 Å². The maximum atomic E-state index is 12.6. The molecule has 3 heterocycles. The van der Waals surface area contributed by atoms with Crippen LogP contribution in [0.4, 0.5) is 11.4 Å². The Balaban J connectivity index is 1.60. The summed E-state index contributed by atoms with van der Waals surface area (Å²) in [6.07, 6.45) is 3.37. The summed E-state index contributed by atoms with van der Waals surface area (Å²) in [7, 11) is -1.48. The Morgan fingerprint density at radius 1 is 1.26 bits per heavy atom. The van der Waals surface area contributed by atoms with Gasteiger partial charge in [-0.3, -0.25) is 13.8 Å². The number of benzene rings is 1. The maximum Gasteiger partial charge on any atom is 0.255 e. The third kappa shape index (κ3) is 3.03. The van der Waals surface area contributed by atoms with Crippen molar-refractivity contribution in [2.24, 2.45) is 7.05 Å². The molecule has 0 fully saturated rings. The van der Waals surface area contributed by atoms with Gasteiger partial charge in [-0.25, -0.2) is 13.4 Å². The van der Waals surface area contributed by atoms with E-state index in [1.165, 1.54) is 10.6 Å². The van der Waals surface area contributed by atoms with E-state index in [1.54, 1.807) is 29.1 Å². The molecule has 9 heteroatoms. The molecule has 1 aromatic carbocycles. The van der Waals surface area contributed by atoms with Gasteiger partial charge in [0.25, 0.3) is 5.91 Å². The second kappa shape index (κ2) is 6.05. The van der Waals surface area contributed by atoms with Gasteiger partial charge in [-0.1, -0.05) is 0 Å². The Morgan fingerprint density at radius 2 is 2.04 bits per heavy atom. The summed E-state index contributed by atoms with van der Waals surface area (Å²) in [5, 5.41) is 8.05. The summed E-state index contributed by atoms with van der Waals surface area (Å²) in [5.41, 5.74) is 4.15. The highest BCUT2D eigenvalue weighted by molar-refractivity contribution is 7.92. The van der Waals surface area contributed by atoms with E-state index in [0.717, 1.165) is 22.3 Å². The normalized spacial score (nSPS) is 13.8. The first-order valence-corrected chi connectivity index (χ1v) is 10.3. The van der Waals surface area contributed by atoms with Gasteiger partial charge in [0, 0.05) is 24.5 Å². The zero-order valence-electron chi connectivity index (χ0n) is 15.2. The number of nitrogens with zero attached hydrogens (tertiary/aromatic N) is 4. The molecule has 0 spiro atoms. The van der Waals surface area contributed by atoms with Crippen LogP contribution in [-0.4, -0.2) is 41.9 Å². The van der Waals surface area contributed by atoms with Gasteiger partial charge in [-0.2, -0.15) is 5.10 Å². The van der Waals surface area contributed by atoms with Crippen LogP contribution >= 0.6 is 0 Å². The van der Waals surface area contributed by atoms with E-state index in [9.17, 15) is 13.2 Å². The number of hydrogen-bond acceptors (Lipinski definition) is 5. The van der Waals surface area contributed by atoms with E-state index in [-0.39, 0.29) is 5.91 Å². The van der Waals surface area contributed by atoms with Crippen molar-refractivity contribution in [3.63, 3.8) is 0 Å². The number of carbonyl (C=O) groups is 1. The lowest BCUT2D eigenvalue weighted by atomic mass is 10.1. The molecule has 0 radical (unpaired) electrons. The monoisotopic (exact) mass is 385 g/mol. The van der Waals surface area contributed by atoms with Crippen LogP contribution in [0.3, 0.4) is 0 Å². The molecule has 1 amide bonds. The number of aryl methyl sites for hydroxylation is 2. The zero-order chi connectivity index (χ0) is 19.3. The molecule has 0 bridgehead atoms. The molecule has 0 unspecified atom stereocenters. The number of sulfonamides is 1. The Labute approximate surface area is 156 Å². The van der Waals surface area contributed by atoms with Gasteiger partial charge in [0.2, 0.25) is 10.0 Å². The topological polar surface area (TPSA) is 97.2 Å². The smallest absolute Gasteiger partial charge is 0.255 e. The molecule has 1 aliphatic rings. The van der Waals surface area contributed by atoms with Crippen LogP contribution < -0.4 is 9.62 Å². The van der Waals surface area contributed by atoms with Crippen LogP contribution in [-0.2, 0) is 23.5 Å². The largest absolute Gasteiger partial charge is 0.321 e. The number of pyridine rings is 1. The predicted octanol–water partition coefficient (Wildman–Crippen LogP) is 1.85. The van der Waals surface area contributed by atoms with E-state index in [1.807, 2.05) is 20.0 Å². The lowest BCUT2D eigenvalue weighted by Crippen LogP contribution is -2.27. The average molecular weight is 385 g/mol. The van der Waals surface area contributed by atoms with Gasteiger partial charge < -0.3 is 5.32 Å². The molecule has 27 heavy (non-hydrogen) atoms. The first-order valence-electron chi connectivity index (χ1n) is 8.45. The predicted molar refractivity (Wildman–Crippen MR) is 104 cm³/mol. The molecular weight excluding hydrogens is 366 g/mol. The highest BCUT2D eigenvalue weighted by atomic mass is 32.2. The highest BCUT2D eigenvalue weighted by Gasteiger charge is 2.26. The molecule has 8 nitrogen and oxygen atoms in total. The molecule has 1 aliphatic heterocycles. The van der Waals surface area contributed by atoms with Crippen molar-refractivity contribution in [3.05, 3.63) is 47.3 Å². The minimum absolute atomic E-state index is 0.265. The second-order valence-corrected chi connectivity index (χ2v) is 8.59. The molecular formula is C18H19N5O3S. The van der Waals surface area contributed by atoms with Gasteiger partial charge in [-0.15, -0.1) is 0 Å². The number of aromatic nitrogens is 3. The Hall–Kier alpha value is -2.94. The van der Waals surface area contributed by atoms with E-state index >= 15 is 0 Å². The number of fused-ring (bicyclic) bond motifs is 2. The SMILES string of the molecule is Cc1nn(C)c2ncc(NC(=O)c3ccc4c(c3)CCN4S(C)(=O)=O)cc12. The van der Waals surface area contributed by atoms with Gasteiger partial charge in [0.15, 0.2) is 5.65 Å². The van der Waals surface area contributed by atoms with Crippen molar-refractivity contribution in [3.8, 4) is 0 Å². The van der Waals surface area contributed by atoms with Crippen molar-refractivity contribution in [1.29, 1.82) is 0 Å². The van der Waals surface area contributed by atoms with Crippen LogP contribution in [0.25, 0.3) is 11.0 Å². The molecule has 0 atom stereocenters. The summed E-state index contributed by atoms with van der Waals surface area (Å²) < 4.78 is 26.7. The number of nitrogens with one attached hydrogen (secondary N) is 1. The summed E-state index contributed by atoms with van der Waals surface area (Å²) in [5.74, 6) is -0.265. The van der Waals surface area contributed by atoms with E-state index < -0.39 is 10.0 Å². The van der Waals surface area contributed by atoms with E-state index in [2.05, 4.69) is 15.4 Å². The Bertz CT molecular complexity index is 1180. The van der Waals surface area contributed by atoms with Crippen molar-refractivity contribution < 1.29 is 13.2 Å². The van der Waals surface area contributed by atoms with Gasteiger partial charge in [0.05, 0.1) is 29.5 Å². The maximum absolute atomic E-state index is 12.6. The van der Waals surface area contributed by atoms with Crippen molar-refractivity contribution in [1.82, 2.24) is 14.8 Å². The van der Waals surface area contributed by atoms with Crippen molar-refractivity contribution in [2.75, 3.05) is 22.4 Å². The number of hydrogen-bond donors (Lipinski definition) is 1. The van der Waals surface area contributed by atoms with E-state index in [0.29, 0.717) is 29.9 Å². The first kappa shape index (κ1) is 17.5. The lowest BCUT2D eigenvalue weighted by Gasteiger charge is -2.16. The fraction of sp³-hybridized carbons (Fsp3) is 0.278. The average Bonchev–Trinajstić information content (AvgIpc) is 3.15. The summed E-state index contributed by atoms with van der Waals surface area (Å²) in [4.78, 5) is 17.0. The second-order valence-electron chi connectivity index (χ2n) is 6.69. The molecule has 3 aromatic rings. The number of amides is 1. The van der Waals surface area contributed by atoms with Crippen LogP contribution in [0.5, 0.6) is 0 Å². The van der Waals surface area contributed by atoms with Crippen LogP contribution in [0.15, 0.2) is 30.5 Å². The first-order chi connectivity index (χ1) is 12.7. The molecule has 140 valence electrons. The van der Waals surface area contributed by atoms with Crippen molar-refractivity contribution >= 4 is 38.3 Å². The summed E-state index contributed by atoms with van der Waals surface area (Å²) >= 11 is 0. The lowest BCUT2D eigenvalue weighted by molar-refractivity contribution is 0.102. The quantitative estimate of drug-likeness (QED) is 0.742. The molecule has 0 saturated carbocycles. The third-order valence-corrected chi connectivity index (χ3v) is 5.90. The molecule has 4 rings (SSSR count). The summed E-state index contributed by atoms with van der Waals surface area (Å²) in [6, 6.07) is 6.92. The molecule has 0 aliphatic carbocycles. The fourth-order valence-electron chi connectivity index (χ4n) is 3.44.